The van der Waals surface area contributed by atoms with Crippen molar-refractivity contribution in [2.75, 3.05) is 0 Å². The molecule has 0 unspecified atom stereocenters. The number of halogens is 4. The second-order valence-corrected chi connectivity index (χ2v) is 3.13. The SMILES string of the molecule is C=CC(=O)OC(OC(=O)C=C)C(F)(F)C(C)(F)F. The Morgan fingerprint density at radius 1 is 1.06 bits per heavy atom. The standard InChI is InChI=1S/C10H10F4O4/c1-4-6(15)17-8(18-7(16)5-2)10(13,14)9(3,11)12/h4-5,8H,1-2H2,3H3. The van der Waals surface area contributed by atoms with Crippen molar-refractivity contribution in [3.63, 3.8) is 0 Å². The number of esters is 2. The Morgan fingerprint density at radius 3 is 1.61 bits per heavy atom. The zero-order valence-corrected chi connectivity index (χ0v) is 9.29. The molecule has 0 bridgehead atoms. The summed E-state index contributed by atoms with van der Waals surface area (Å²) in [5.74, 6) is -12.4. The Morgan fingerprint density at radius 2 is 1.39 bits per heavy atom. The molecule has 0 aliphatic carbocycles. The summed E-state index contributed by atoms with van der Waals surface area (Å²) in [6.07, 6.45) is -2.16. The minimum atomic E-state index is -4.90. The fourth-order valence-electron chi connectivity index (χ4n) is 0.686. The molecule has 0 spiro atoms. The normalized spacial score (nSPS) is 11.9. The van der Waals surface area contributed by atoms with E-state index in [1.54, 1.807) is 0 Å². The average Bonchev–Trinajstić information content (AvgIpc) is 2.25. The predicted molar refractivity (Wildman–Crippen MR) is 51.9 cm³/mol. The Bertz CT molecular complexity index is 337. The van der Waals surface area contributed by atoms with Gasteiger partial charge in [-0.1, -0.05) is 13.2 Å². The minimum Gasteiger partial charge on any atom is -0.415 e. The van der Waals surface area contributed by atoms with E-state index in [9.17, 15) is 27.2 Å². The molecule has 0 aromatic carbocycles. The molecule has 4 nitrogen and oxygen atoms in total. The van der Waals surface area contributed by atoms with Crippen LogP contribution in [-0.4, -0.2) is 30.1 Å². The van der Waals surface area contributed by atoms with Crippen molar-refractivity contribution >= 4 is 11.9 Å². The first-order chi connectivity index (χ1) is 8.06. The van der Waals surface area contributed by atoms with Crippen LogP contribution in [0.25, 0.3) is 0 Å². The van der Waals surface area contributed by atoms with E-state index in [2.05, 4.69) is 22.6 Å². The summed E-state index contributed by atoms with van der Waals surface area (Å²) in [4.78, 5) is 21.5. The van der Waals surface area contributed by atoms with Crippen LogP contribution in [0.5, 0.6) is 0 Å². The first-order valence-electron chi connectivity index (χ1n) is 4.48. The third-order valence-corrected chi connectivity index (χ3v) is 1.66. The summed E-state index contributed by atoms with van der Waals surface area (Å²) in [6.45, 7) is 5.67. The summed E-state index contributed by atoms with van der Waals surface area (Å²) in [5.41, 5.74) is 0. The smallest absolute Gasteiger partial charge is 0.381 e. The van der Waals surface area contributed by atoms with Gasteiger partial charge in [0.2, 0.25) is 0 Å². The van der Waals surface area contributed by atoms with E-state index in [-0.39, 0.29) is 6.92 Å². The molecule has 0 fully saturated rings. The molecule has 0 saturated heterocycles. The first-order valence-corrected chi connectivity index (χ1v) is 4.48. The maximum absolute atomic E-state index is 13.2. The largest absolute Gasteiger partial charge is 0.415 e. The molecule has 0 aliphatic rings. The number of carbonyl (C=O) groups is 2. The van der Waals surface area contributed by atoms with Gasteiger partial charge in [0.05, 0.1) is 0 Å². The Kier molecular flexibility index (Phi) is 5.07. The van der Waals surface area contributed by atoms with Gasteiger partial charge >= 0.3 is 30.1 Å². The Hall–Kier alpha value is -1.86. The number of hydrogen-bond acceptors (Lipinski definition) is 4. The lowest BCUT2D eigenvalue weighted by atomic mass is 10.2. The van der Waals surface area contributed by atoms with Gasteiger partial charge in [-0.25, -0.2) is 9.59 Å². The highest BCUT2D eigenvalue weighted by molar-refractivity contribution is 5.83. The van der Waals surface area contributed by atoms with Crippen molar-refractivity contribution in [3.8, 4) is 0 Å². The van der Waals surface area contributed by atoms with Crippen LogP contribution in [0.2, 0.25) is 0 Å². The predicted octanol–water partition coefficient (Wildman–Crippen LogP) is 2.06. The first kappa shape index (κ1) is 16.1. The number of alkyl halides is 4. The lowest BCUT2D eigenvalue weighted by Crippen LogP contribution is -2.51. The van der Waals surface area contributed by atoms with Gasteiger partial charge in [0, 0.05) is 19.1 Å². The van der Waals surface area contributed by atoms with Gasteiger partial charge in [0.1, 0.15) is 0 Å². The highest BCUT2D eigenvalue weighted by atomic mass is 19.3. The van der Waals surface area contributed by atoms with E-state index in [4.69, 9.17) is 0 Å². The molecular formula is C10H10F4O4. The summed E-state index contributed by atoms with van der Waals surface area (Å²) in [5, 5.41) is 0. The van der Waals surface area contributed by atoms with Crippen molar-refractivity contribution in [1.29, 1.82) is 0 Å². The van der Waals surface area contributed by atoms with Crippen molar-refractivity contribution in [3.05, 3.63) is 25.3 Å². The third kappa shape index (κ3) is 3.86. The molecule has 0 N–H and O–H groups in total. The van der Waals surface area contributed by atoms with Crippen LogP contribution in [-0.2, 0) is 19.1 Å². The Labute approximate surface area is 99.9 Å². The van der Waals surface area contributed by atoms with Gasteiger partial charge < -0.3 is 9.47 Å². The van der Waals surface area contributed by atoms with Crippen LogP contribution in [0.1, 0.15) is 6.92 Å². The quantitative estimate of drug-likeness (QED) is 0.321. The third-order valence-electron chi connectivity index (χ3n) is 1.66. The molecule has 0 rings (SSSR count). The van der Waals surface area contributed by atoms with Crippen molar-refractivity contribution in [2.24, 2.45) is 0 Å². The van der Waals surface area contributed by atoms with Crippen LogP contribution in [0.3, 0.4) is 0 Å². The number of carbonyl (C=O) groups excluding carboxylic acids is 2. The molecule has 0 aromatic heterocycles. The van der Waals surface area contributed by atoms with Crippen molar-refractivity contribution in [1.82, 2.24) is 0 Å². The lowest BCUT2D eigenvalue weighted by molar-refractivity contribution is -0.303. The molecule has 102 valence electrons. The van der Waals surface area contributed by atoms with E-state index in [0.29, 0.717) is 12.2 Å². The van der Waals surface area contributed by atoms with Gasteiger partial charge in [-0.3, -0.25) is 0 Å². The molecule has 0 saturated carbocycles. The van der Waals surface area contributed by atoms with E-state index < -0.39 is 30.1 Å². The van der Waals surface area contributed by atoms with Crippen LogP contribution in [0.4, 0.5) is 17.6 Å². The van der Waals surface area contributed by atoms with E-state index in [1.165, 1.54) is 0 Å². The summed E-state index contributed by atoms with van der Waals surface area (Å²) in [6, 6.07) is 0. The zero-order chi connectivity index (χ0) is 14.6. The molecule has 0 radical (unpaired) electrons. The molecule has 0 aromatic rings. The summed E-state index contributed by atoms with van der Waals surface area (Å²) in [7, 11) is 0. The molecule has 0 heterocycles. The van der Waals surface area contributed by atoms with Crippen LogP contribution in [0.15, 0.2) is 25.3 Å². The monoisotopic (exact) mass is 270 g/mol. The molecule has 0 aliphatic heterocycles. The topological polar surface area (TPSA) is 52.6 Å². The molecule has 0 amide bonds. The van der Waals surface area contributed by atoms with E-state index in [1.807, 2.05) is 0 Å². The average molecular weight is 270 g/mol. The Balaban J connectivity index is 5.19. The van der Waals surface area contributed by atoms with Crippen LogP contribution < -0.4 is 0 Å². The highest BCUT2D eigenvalue weighted by Gasteiger charge is 2.62. The van der Waals surface area contributed by atoms with Gasteiger partial charge in [-0.15, -0.1) is 0 Å². The molecular weight excluding hydrogens is 260 g/mol. The molecule has 0 atom stereocenters. The van der Waals surface area contributed by atoms with E-state index in [0.717, 1.165) is 0 Å². The fourth-order valence-corrected chi connectivity index (χ4v) is 0.686. The van der Waals surface area contributed by atoms with Gasteiger partial charge in [0.25, 0.3) is 0 Å². The zero-order valence-electron chi connectivity index (χ0n) is 9.29. The van der Waals surface area contributed by atoms with E-state index >= 15 is 0 Å². The highest BCUT2D eigenvalue weighted by Crippen LogP contribution is 2.38. The van der Waals surface area contributed by atoms with Crippen molar-refractivity contribution in [2.45, 2.75) is 25.1 Å². The maximum atomic E-state index is 13.2. The van der Waals surface area contributed by atoms with Crippen LogP contribution in [0, 0.1) is 0 Å². The number of ether oxygens (including phenoxy) is 2. The number of hydrogen-bond donors (Lipinski definition) is 0. The molecule has 8 heteroatoms. The lowest BCUT2D eigenvalue weighted by Gasteiger charge is -2.29. The maximum Gasteiger partial charge on any atom is 0.381 e. The fraction of sp³-hybridized carbons (Fsp3) is 0.400. The molecule has 18 heavy (non-hydrogen) atoms. The summed E-state index contributed by atoms with van der Waals surface area (Å²) < 4.78 is 59.6. The number of rotatable bonds is 6. The van der Waals surface area contributed by atoms with Gasteiger partial charge in [-0.05, 0) is 0 Å². The van der Waals surface area contributed by atoms with Gasteiger partial charge in [0.15, 0.2) is 0 Å². The second kappa shape index (κ2) is 5.65. The summed E-state index contributed by atoms with van der Waals surface area (Å²) >= 11 is 0. The van der Waals surface area contributed by atoms with Crippen LogP contribution >= 0.6 is 0 Å². The van der Waals surface area contributed by atoms with Crippen molar-refractivity contribution < 1.29 is 36.6 Å². The minimum absolute atomic E-state index is 0.108. The van der Waals surface area contributed by atoms with Gasteiger partial charge in [-0.2, -0.15) is 17.6 Å². The second-order valence-electron chi connectivity index (χ2n) is 3.13.